The van der Waals surface area contributed by atoms with Crippen molar-refractivity contribution in [3.63, 3.8) is 0 Å². The molecule has 31 heavy (non-hydrogen) atoms. The minimum Gasteiger partial charge on any atom is -0.488 e. The third-order valence-electron chi connectivity index (χ3n) is 6.58. The highest BCUT2D eigenvalue weighted by Gasteiger charge is 2.44. The van der Waals surface area contributed by atoms with Gasteiger partial charge in [-0.3, -0.25) is 4.79 Å². The fourth-order valence-electron chi connectivity index (χ4n) is 4.98. The van der Waals surface area contributed by atoms with Gasteiger partial charge in [-0.15, -0.1) is 11.3 Å². The van der Waals surface area contributed by atoms with Crippen molar-refractivity contribution in [1.29, 1.82) is 0 Å². The first kappa shape index (κ1) is 18.9. The number of rotatable bonds is 3. The Morgan fingerprint density at radius 1 is 1.10 bits per heavy atom. The fraction of sp³-hybridized carbons (Fsp3) is 0.391. The highest BCUT2D eigenvalue weighted by molar-refractivity contribution is 7.16. The lowest BCUT2D eigenvalue weighted by Crippen LogP contribution is -2.42. The number of ether oxygens (including phenoxy) is 3. The molecule has 3 heterocycles. The van der Waals surface area contributed by atoms with Crippen LogP contribution in [0.15, 0.2) is 41.9 Å². The van der Waals surface area contributed by atoms with Gasteiger partial charge in [0.15, 0.2) is 11.5 Å². The summed E-state index contributed by atoms with van der Waals surface area (Å²) in [4.78, 5) is 19.3. The monoisotopic (exact) mass is 438 g/mol. The SMILES string of the molecule is O=C(c1ccc2ncsc2c1)N1C[C@H]2C[C@@H](Oc3ccc4c(c3)OCO4)[C@H](O)C[C@H]2C1. The summed E-state index contributed by atoms with van der Waals surface area (Å²) in [5.74, 6) is 2.69. The van der Waals surface area contributed by atoms with Gasteiger partial charge in [-0.2, -0.15) is 0 Å². The van der Waals surface area contributed by atoms with Gasteiger partial charge >= 0.3 is 0 Å². The lowest BCUT2D eigenvalue weighted by molar-refractivity contribution is -0.0232. The van der Waals surface area contributed by atoms with Crippen LogP contribution >= 0.6 is 11.3 Å². The van der Waals surface area contributed by atoms with Crippen LogP contribution in [0.1, 0.15) is 23.2 Å². The third kappa shape index (κ3) is 3.40. The van der Waals surface area contributed by atoms with Crippen LogP contribution in [-0.2, 0) is 0 Å². The van der Waals surface area contributed by atoms with E-state index in [2.05, 4.69) is 4.98 Å². The predicted octanol–water partition coefficient (Wildman–Crippen LogP) is 3.32. The second-order valence-corrected chi connectivity index (χ2v) is 9.36. The molecule has 2 aromatic carbocycles. The molecule has 2 aliphatic heterocycles. The Morgan fingerprint density at radius 3 is 2.84 bits per heavy atom. The van der Waals surface area contributed by atoms with E-state index in [1.807, 2.05) is 35.2 Å². The van der Waals surface area contributed by atoms with E-state index in [1.54, 1.807) is 22.9 Å². The van der Waals surface area contributed by atoms with Gasteiger partial charge in [-0.1, -0.05) is 0 Å². The number of likely N-dealkylation sites (tertiary alicyclic amines) is 1. The van der Waals surface area contributed by atoms with Gasteiger partial charge in [-0.25, -0.2) is 4.98 Å². The number of nitrogens with zero attached hydrogens (tertiary/aromatic N) is 2. The van der Waals surface area contributed by atoms with Crippen molar-refractivity contribution in [2.45, 2.75) is 25.0 Å². The quantitative estimate of drug-likeness (QED) is 0.676. The van der Waals surface area contributed by atoms with E-state index in [0.29, 0.717) is 54.2 Å². The number of fused-ring (bicyclic) bond motifs is 3. The molecule has 1 saturated carbocycles. The summed E-state index contributed by atoms with van der Waals surface area (Å²) < 4.78 is 17.9. The number of benzene rings is 2. The standard InChI is InChI=1S/C23H22N2O5S/c26-18-5-14-9-25(23(27)13-1-3-17-22(7-13)31-11-24-17)10-15(14)6-20(18)30-16-2-4-19-21(8-16)29-12-28-19/h1-4,7-8,11,14-15,18,20,26H,5-6,9-10,12H2/t14-,15+,18+,20+/m0/s1. The number of hydrogen-bond donors (Lipinski definition) is 1. The number of amides is 1. The van der Waals surface area contributed by atoms with Crippen LogP contribution in [0.5, 0.6) is 17.2 Å². The maximum absolute atomic E-state index is 13.1. The number of aliphatic hydroxyl groups excluding tert-OH is 1. The van der Waals surface area contributed by atoms with Crippen LogP contribution in [0.3, 0.4) is 0 Å². The van der Waals surface area contributed by atoms with E-state index < -0.39 is 6.10 Å². The molecule has 3 aromatic rings. The molecule has 0 spiro atoms. The van der Waals surface area contributed by atoms with Gasteiger partial charge in [-0.05, 0) is 55.0 Å². The lowest BCUT2D eigenvalue weighted by Gasteiger charge is -2.35. The number of carbonyl (C=O) groups excluding carboxylic acids is 1. The molecule has 1 saturated heterocycles. The lowest BCUT2D eigenvalue weighted by atomic mass is 9.78. The van der Waals surface area contributed by atoms with Crippen LogP contribution in [0, 0.1) is 11.8 Å². The molecule has 0 bridgehead atoms. The zero-order chi connectivity index (χ0) is 20.9. The van der Waals surface area contributed by atoms with Crippen molar-refractivity contribution in [2.24, 2.45) is 11.8 Å². The molecule has 4 atom stereocenters. The first-order chi connectivity index (χ1) is 15.1. The number of aliphatic hydroxyl groups is 1. The third-order valence-corrected chi connectivity index (χ3v) is 7.37. The molecule has 0 radical (unpaired) electrons. The molecule has 8 heteroatoms. The largest absolute Gasteiger partial charge is 0.488 e. The van der Waals surface area contributed by atoms with Crippen LogP contribution in [-0.4, -0.2) is 53.0 Å². The molecule has 0 unspecified atom stereocenters. The summed E-state index contributed by atoms with van der Waals surface area (Å²) in [7, 11) is 0. The minimum atomic E-state index is -0.560. The van der Waals surface area contributed by atoms with E-state index in [1.165, 1.54) is 0 Å². The highest BCUT2D eigenvalue weighted by atomic mass is 32.1. The van der Waals surface area contributed by atoms with Crippen molar-refractivity contribution < 1.29 is 24.1 Å². The maximum atomic E-state index is 13.1. The van der Waals surface area contributed by atoms with Gasteiger partial charge in [0.1, 0.15) is 11.9 Å². The number of aromatic nitrogens is 1. The molecule has 6 rings (SSSR count). The van der Waals surface area contributed by atoms with Gasteiger partial charge < -0.3 is 24.2 Å². The number of carbonyl (C=O) groups is 1. The molecular formula is C23H22N2O5S. The Hall–Kier alpha value is -2.84. The molecule has 1 N–H and O–H groups in total. The summed E-state index contributed by atoms with van der Waals surface area (Å²) in [6.07, 6.45) is 0.496. The Balaban J connectivity index is 1.14. The highest BCUT2D eigenvalue weighted by Crippen LogP contribution is 2.40. The Morgan fingerprint density at radius 2 is 1.94 bits per heavy atom. The average Bonchev–Trinajstić information content (AvgIpc) is 3.51. The van der Waals surface area contributed by atoms with Gasteiger partial charge in [0.05, 0.1) is 21.8 Å². The minimum absolute atomic E-state index is 0.0485. The summed E-state index contributed by atoms with van der Waals surface area (Å²) in [5, 5.41) is 10.7. The molecule has 3 aliphatic rings. The van der Waals surface area contributed by atoms with Crippen molar-refractivity contribution in [2.75, 3.05) is 19.9 Å². The first-order valence-corrected chi connectivity index (χ1v) is 11.4. The van der Waals surface area contributed by atoms with Crippen LogP contribution in [0.2, 0.25) is 0 Å². The fourth-order valence-corrected chi connectivity index (χ4v) is 5.69. The molecule has 7 nitrogen and oxygen atoms in total. The van der Waals surface area contributed by atoms with Crippen molar-refractivity contribution >= 4 is 27.5 Å². The van der Waals surface area contributed by atoms with Crippen LogP contribution in [0.25, 0.3) is 10.2 Å². The molecular weight excluding hydrogens is 416 g/mol. The maximum Gasteiger partial charge on any atom is 0.253 e. The summed E-state index contributed by atoms with van der Waals surface area (Å²) in [5.41, 5.74) is 3.41. The smallest absolute Gasteiger partial charge is 0.253 e. The van der Waals surface area contributed by atoms with E-state index in [4.69, 9.17) is 14.2 Å². The van der Waals surface area contributed by atoms with Gasteiger partial charge in [0, 0.05) is 24.7 Å². The van der Waals surface area contributed by atoms with Crippen LogP contribution < -0.4 is 14.2 Å². The Bertz CT molecular complexity index is 1150. The normalized spacial score (nSPS) is 26.8. The summed E-state index contributed by atoms with van der Waals surface area (Å²) >= 11 is 1.54. The Kier molecular flexibility index (Phi) is 4.50. The molecule has 2 fully saturated rings. The topological polar surface area (TPSA) is 81.1 Å². The van der Waals surface area contributed by atoms with E-state index in [-0.39, 0.29) is 18.8 Å². The number of hydrogen-bond acceptors (Lipinski definition) is 7. The molecule has 160 valence electrons. The zero-order valence-corrected chi connectivity index (χ0v) is 17.6. The van der Waals surface area contributed by atoms with Gasteiger partial charge in [0.25, 0.3) is 5.91 Å². The Labute approximate surface area is 183 Å². The first-order valence-electron chi connectivity index (χ1n) is 10.5. The van der Waals surface area contributed by atoms with Crippen molar-refractivity contribution in [1.82, 2.24) is 9.88 Å². The second-order valence-electron chi connectivity index (χ2n) is 8.48. The van der Waals surface area contributed by atoms with Crippen molar-refractivity contribution in [3.05, 3.63) is 47.5 Å². The molecule has 1 aliphatic carbocycles. The zero-order valence-electron chi connectivity index (χ0n) is 16.8. The second kappa shape index (κ2) is 7.39. The molecule has 1 amide bonds. The predicted molar refractivity (Wildman–Crippen MR) is 115 cm³/mol. The summed E-state index contributed by atoms with van der Waals surface area (Å²) in [6.45, 7) is 1.59. The summed E-state index contributed by atoms with van der Waals surface area (Å²) in [6, 6.07) is 11.2. The van der Waals surface area contributed by atoms with Crippen LogP contribution in [0.4, 0.5) is 0 Å². The number of thiazole rings is 1. The average molecular weight is 439 g/mol. The van der Waals surface area contributed by atoms with E-state index in [9.17, 15) is 9.90 Å². The van der Waals surface area contributed by atoms with E-state index >= 15 is 0 Å². The van der Waals surface area contributed by atoms with Gasteiger partial charge in [0.2, 0.25) is 6.79 Å². The van der Waals surface area contributed by atoms with Crippen molar-refractivity contribution in [3.8, 4) is 17.2 Å². The van der Waals surface area contributed by atoms with E-state index in [0.717, 1.165) is 16.6 Å². The molecule has 1 aromatic heterocycles.